The van der Waals surface area contributed by atoms with E-state index in [9.17, 15) is 0 Å². The molecule has 0 amide bonds. The molecule has 3 N–H and O–H groups in total. The molecule has 2 heterocycles. The first kappa shape index (κ1) is 15.8. The molecule has 6 nitrogen and oxygen atoms in total. The summed E-state index contributed by atoms with van der Waals surface area (Å²) in [4.78, 5) is 0. The molecule has 0 bridgehead atoms. The molecule has 1 aliphatic heterocycles. The second-order valence-electron chi connectivity index (χ2n) is 5.63. The summed E-state index contributed by atoms with van der Waals surface area (Å²) >= 11 is 0. The molecule has 0 radical (unpaired) electrons. The fraction of sp³-hybridized carbons (Fsp3) is 0.471. The van der Waals surface area contributed by atoms with Gasteiger partial charge in [-0.3, -0.25) is 5.10 Å². The quantitative estimate of drug-likeness (QED) is 0.729. The second kappa shape index (κ2) is 7.48. The second-order valence-corrected chi connectivity index (χ2v) is 5.63. The third kappa shape index (κ3) is 3.65. The molecule has 3 rings (SSSR count). The van der Waals surface area contributed by atoms with Gasteiger partial charge < -0.3 is 19.9 Å². The van der Waals surface area contributed by atoms with Gasteiger partial charge in [0, 0.05) is 30.3 Å². The number of hydrogen-bond acceptors (Lipinski definition) is 5. The van der Waals surface area contributed by atoms with E-state index in [2.05, 4.69) is 22.4 Å². The van der Waals surface area contributed by atoms with Crippen LogP contribution in [-0.2, 0) is 6.54 Å². The van der Waals surface area contributed by atoms with Gasteiger partial charge in [-0.05, 0) is 31.0 Å². The van der Waals surface area contributed by atoms with Crippen molar-refractivity contribution in [2.45, 2.75) is 32.4 Å². The first-order valence-corrected chi connectivity index (χ1v) is 8.08. The van der Waals surface area contributed by atoms with Gasteiger partial charge in [-0.15, -0.1) is 0 Å². The van der Waals surface area contributed by atoms with E-state index in [0.29, 0.717) is 25.8 Å². The Balaban J connectivity index is 1.75. The zero-order valence-corrected chi connectivity index (χ0v) is 13.3. The molecule has 23 heavy (non-hydrogen) atoms. The summed E-state index contributed by atoms with van der Waals surface area (Å²) in [6.45, 7) is 4.19. The monoisotopic (exact) mass is 317 g/mol. The third-order valence-corrected chi connectivity index (χ3v) is 4.10. The normalized spacial score (nSPS) is 14.7. The number of hydrogen-bond donors (Lipinski definition) is 3. The minimum Gasteiger partial charge on any atom is -0.486 e. The SMILES string of the molecule is CCC(CCO)NCc1cn[nH]c1-c1ccc2c(c1)OCCO2. The van der Waals surface area contributed by atoms with Crippen molar-refractivity contribution in [3.8, 4) is 22.8 Å². The van der Waals surface area contributed by atoms with Gasteiger partial charge in [0.1, 0.15) is 13.2 Å². The van der Waals surface area contributed by atoms with Gasteiger partial charge in [-0.1, -0.05) is 6.92 Å². The van der Waals surface area contributed by atoms with Crippen molar-refractivity contribution < 1.29 is 14.6 Å². The van der Waals surface area contributed by atoms with Crippen LogP contribution in [0.3, 0.4) is 0 Å². The van der Waals surface area contributed by atoms with Crippen LogP contribution in [-0.4, -0.2) is 41.2 Å². The summed E-state index contributed by atoms with van der Waals surface area (Å²) in [5.74, 6) is 1.56. The molecule has 6 heteroatoms. The average Bonchev–Trinajstić information content (AvgIpc) is 3.06. The summed E-state index contributed by atoms with van der Waals surface area (Å²) < 4.78 is 11.2. The lowest BCUT2D eigenvalue weighted by Crippen LogP contribution is -2.28. The Bertz CT molecular complexity index is 642. The van der Waals surface area contributed by atoms with E-state index in [-0.39, 0.29) is 6.61 Å². The lowest BCUT2D eigenvalue weighted by Gasteiger charge is -2.19. The maximum atomic E-state index is 9.09. The predicted molar refractivity (Wildman–Crippen MR) is 87.6 cm³/mol. The van der Waals surface area contributed by atoms with Crippen LogP contribution in [0.15, 0.2) is 24.4 Å². The summed E-state index contributed by atoms with van der Waals surface area (Å²) in [6.07, 6.45) is 3.58. The lowest BCUT2D eigenvalue weighted by molar-refractivity contribution is 0.171. The van der Waals surface area contributed by atoms with Gasteiger partial charge >= 0.3 is 0 Å². The van der Waals surface area contributed by atoms with Crippen LogP contribution >= 0.6 is 0 Å². The number of H-pyrrole nitrogens is 1. The number of aliphatic hydroxyl groups excluding tert-OH is 1. The first-order valence-electron chi connectivity index (χ1n) is 8.08. The van der Waals surface area contributed by atoms with Crippen LogP contribution in [0.5, 0.6) is 11.5 Å². The van der Waals surface area contributed by atoms with Gasteiger partial charge in [0.25, 0.3) is 0 Å². The minimum absolute atomic E-state index is 0.200. The topological polar surface area (TPSA) is 79.4 Å². The summed E-state index contributed by atoms with van der Waals surface area (Å²) in [5, 5.41) is 19.8. The minimum atomic E-state index is 0.200. The largest absolute Gasteiger partial charge is 0.486 e. The molecule has 0 saturated carbocycles. The number of fused-ring (bicyclic) bond motifs is 1. The van der Waals surface area contributed by atoms with E-state index >= 15 is 0 Å². The Morgan fingerprint density at radius 2 is 2.13 bits per heavy atom. The molecule has 0 saturated heterocycles. The van der Waals surface area contributed by atoms with Crippen LogP contribution in [0.4, 0.5) is 0 Å². The van der Waals surface area contributed by atoms with Gasteiger partial charge in [0.15, 0.2) is 11.5 Å². The summed E-state index contributed by atoms with van der Waals surface area (Å²) in [6, 6.07) is 6.23. The Kier molecular flexibility index (Phi) is 5.15. The van der Waals surface area contributed by atoms with Crippen LogP contribution < -0.4 is 14.8 Å². The number of aliphatic hydroxyl groups is 1. The molecule has 0 fully saturated rings. The molecule has 124 valence electrons. The molecule has 1 aliphatic rings. The highest BCUT2D eigenvalue weighted by Crippen LogP contribution is 2.34. The van der Waals surface area contributed by atoms with E-state index < -0.39 is 0 Å². The zero-order valence-electron chi connectivity index (χ0n) is 13.3. The average molecular weight is 317 g/mol. The molecule has 0 spiro atoms. The smallest absolute Gasteiger partial charge is 0.162 e. The number of nitrogens with zero attached hydrogens (tertiary/aromatic N) is 1. The molecular formula is C17H23N3O3. The van der Waals surface area contributed by atoms with E-state index in [1.54, 1.807) is 0 Å². The molecule has 2 aromatic rings. The molecule has 1 atom stereocenters. The van der Waals surface area contributed by atoms with Crippen LogP contribution in [0.1, 0.15) is 25.3 Å². The molecular weight excluding hydrogens is 294 g/mol. The predicted octanol–water partition coefficient (Wildman–Crippen LogP) is 2.10. The molecule has 1 aromatic heterocycles. The molecule has 1 aromatic carbocycles. The van der Waals surface area contributed by atoms with Crippen LogP contribution in [0, 0.1) is 0 Å². The Hall–Kier alpha value is -2.05. The Labute approximate surface area is 135 Å². The van der Waals surface area contributed by atoms with E-state index in [1.165, 1.54) is 0 Å². The van der Waals surface area contributed by atoms with Crippen molar-refractivity contribution in [1.29, 1.82) is 0 Å². The first-order chi connectivity index (χ1) is 11.3. The van der Waals surface area contributed by atoms with Gasteiger partial charge in [0.2, 0.25) is 0 Å². The van der Waals surface area contributed by atoms with Crippen LogP contribution in [0.2, 0.25) is 0 Å². The lowest BCUT2D eigenvalue weighted by atomic mass is 10.1. The molecule has 1 unspecified atom stereocenters. The van der Waals surface area contributed by atoms with Crippen molar-refractivity contribution in [1.82, 2.24) is 15.5 Å². The number of benzene rings is 1. The van der Waals surface area contributed by atoms with E-state index in [4.69, 9.17) is 14.6 Å². The molecule has 0 aliphatic carbocycles. The highest BCUT2D eigenvalue weighted by atomic mass is 16.6. The summed E-state index contributed by atoms with van der Waals surface area (Å²) in [7, 11) is 0. The van der Waals surface area contributed by atoms with Crippen molar-refractivity contribution in [3.63, 3.8) is 0 Å². The summed E-state index contributed by atoms with van der Waals surface area (Å²) in [5.41, 5.74) is 3.10. The van der Waals surface area contributed by atoms with Crippen molar-refractivity contribution in [2.75, 3.05) is 19.8 Å². The number of ether oxygens (including phenoxy) is 2. The standard InChI is InChI=1S/C17H23N3O3/c1-2-14(5-6-21)18-10-13-11-19-20-17(13)12-3-4-15-16(9-12)23-8-7-22-15/h3-4,9,11,14,18,21H,2,5-8,10H2,1H3,(H,19,20). The van der Waals surface area contributed by atoms with Gasteiger partial charge in [0.05, 0.1) is 11.9 Å². The van der Waals surface area contributed by atoms with Gasteiger partial charge in [-0.2, -0.15) is 5.10 Å². The highest BCUT2D eigenvalue weighted by molar-refractivity contribution is 5.66. The Morgan fingerprint density at radius 1 is 1.30 bits per heavy atom. The maximum Gasteiger partial charge on any atom is 0.162 e. The maximum absolute atomic E-state index is 9.09. The number of rotatable bonds is 7. The van der Waals surface area contributed by atoms with Crippen molar-refractivity contribution in [2.24, 2.45) is 0 Å². The fourth-order valence-corrected chi connectivity index (χ4v) is 2.75. The third-order valence-electron chi connectivity index (χ3n) is 4.10. The zero-order chi connectivity index (χ0) is 16.1. The number of aromatic amines is 1. The number of aromatic nitrogens is 2. The van der Waals surface area contributed by atoms with Gasteiger partial charge in [-0.25, -0.2) is 0 Å². The fourth-order valence-electron chi connectivity index (χ4n) is 2.75. The van der Waals surface area contributed by atoms with Crippen molar-refractivity contribution in [3.05, 3.63) is 30.0 Å². The van der Waals surface area contributed by atoms with E-state index in [0.717, 1.165) is 41.2 Å². The van der Waals surface area contributed by atoms with E-state index in [1.807, 2.05) is 24.4 Å². The van der Waals surface area contributed by atoms with Crippen LogP contribution in [0.25, 0.3) is 11.3 Å². The number of nitrogens with one attached hydrogen (secondary N) is 2. The van der Waals surface area contributed by atoms with Crippen molar-refractivity contribution >= 4 is 0 Å². The Morgan fingerprint density at radius 3 is 2.91 bits per heavy atom. The highest BCUT2D eigenvalue weighted by Gasteiger charge is 2.15.